The van der Waals surface area contributed by atoms with Crippen molar-refractivity contribution in [1.82, 2.24) is 0 Å². The van der Waals surface area contributed by atoms with Gasteiger partial charge >= 0.3 is 0 Å². The lowest BCUT2D eigenvalue weighted by Crippen LogP contribution is -2.30. The Morgan fingerprint density at radius 1 is 0.889 bits per heavy atom. The highest BCUT2D eigenvalue weighted by atomic mass is 16.5. The molecule has 0 aliphatic carbocycles. The molecule has 0 aliphatic heterocycles. The van der Waals surface area contributed by atoms with E-state index in [4.69, 9.17) is 9.47 Å². The van der Waals surface area contributed by atoms with Crippen LogP contribution in [0.3, 0.4) is 0 Å². The number of ether oxygens (including phenoxy) is 2. The van der Waals surface area contributed by atoms with E-state index >= 15 is 0 Å². The lowest BCUT2D eigenvalue weighted by atomic mass is 9.87. The summed E-state index contributed by atoms with van der Waals surface area (Å²) in [5, 5.41) is 0. The van der Waals surface area contributed by atoms with Crippen LogP contribution in [0.4, 0.5) is 0 Å². The van der Waals surface area contributed by atoms with Gasteiger partial charge in [-0.05, 0) is 12.8 Å². The third-order valence-corrected chi connectivity index (χ3v) is 3.35. The molecule has 0 fully saturated rings. The monoisotopic (exact) mass is 258 g/mol. The lowest BCUT2D eigenvalue weighted by Gasteiger charge is -2.21. The van der Waals surface area contributed by atoms with Crippen LogP contribution in [-0.2, 0) is 14.3 Å². The lowest BCUT2D eigenvalue weighted by molar-refractivity contribution is -0.130. The summed E-state index contributed by atoms with van der Waals surface area (Å²) in [6.45, 7) is 5.40. The predicted molar refractivity (Wildman–Crippen MR) is 74.8 cm³/mol. The van der Waals surface area contributed by atoms with Gasteiger partial charge in [-0.25, -0.2) is 0 Å². The zero-order valence-electron chi connectivity index (χ0n) is 12.5. The minimum atomic E-state index is 0.0481. The van der Waals surface area contributed by atoms with E-state index in [-0.39, 0.29) is 11.8 Å². The normalized spacial score (nSPS) is 14.4. The van der Waals surface area contributed by atoms with Crippen LogP contribution in [0.2, 0.25) is 0 Å². The number of methoxy groups -OCH3 is 2. The van der Waals surface area contributed by atoms with E-state index in [2.05, 4.69) is 13.8 Å². The van der Waals surface area contributed by atoms with Gasteiger partial charge in [0.2, 0.25) is 0 Å². The molecular formula is C15H30O3. The summed E-state index contributed by atoms with van der Waals surface area (Å²) >= 11 is 0. The Morgan fingerprint density at radius 2 is 1.28 bits per heavy atom. The van der Waals surface area contributed by atoms with Gasteiger partial charge in [-0.2, -0.15) is 0 Å². The maximum Gasteiger partial charge on any atom is 0.143 e. The predicted octanol–water partition coefficient (Wildman–Crippen LogP) is 3.46. The molecule has 0 heterocycles. The summed E-state index contributed by atoms with van der Waals surface area (Å²) in [7, 11) is 3.34. The molecule has 0 saturated heterocycles. The van der Waals surface area contributed by atoms with Crippen LogP contribution < -0.4 is 0 Å². The number of rotatable bonds is 12. The van der Waals surface area contributed by atoms with Crippen LogP contribution in [0.15, 0.2) is 0 Å². The van der Waals surface area contributed by atoms with E-state index in [1.54, 1.807) is 14.2 Å². The van der Waals surface area contributed by atoms with E-state index in [9.17, 15) is 4.79 Å². The van der Waals surface area contributed by atoms with Crippen molar-refractivity contribution in [2.75, 3.05) is 27.4 Å². The first-order chi connectivity index (χ1) is 8.71. The highest BCUT2D eigenvalue weighted by Crippen LogP contribution is 2.20. The van der Waals surface area contributed by atoms with Crippen molar-refractivity contribution in [2.24, 2.45) is 11.8 Å². The average Bonchev–Trinajstić information content (AvgIpc) is 2.38. The molecule has 108 valence electrons. The maximum atomic E-state index is 12.5. The quantitative estimate of drug-likeness (QED) is 0.538. The van der Waals surface area contributed by atoms with E-state index in [0.717, 1.165) is 38.5 Å². The average molecular weight is 258 g/mol. The first kappa shape index (κ1) is 17.6. The number of unbranched alkanes of at least 4 members (excludes halogenated alkanes) is 2. The zero-order chi connectivity index (χ0) is 13.8. The van der Waals surface area contributed by atoms with Gasteiger partial charge in [0, 0.05) is 26.1 Å². The molecule has 0 rings (SSSR count). The Hall–Kier alpha value is -0.410. The minimum absolute atomic E-state index is 0.0481. The van der Waals surface area contributed by atoms with Crippen molar-refractivity contribution < 1.29 is 14.3 Å². The fourth-order valence-electron chi connectivity index (χ4n) is 2.25. The highest BCUT2D eigenvalue weighted by molar-refractivity contribution is 5.83. The Balaban J connectivity index is 4.43. The van der Waals surface area contributed by atoms with Crippen molar-refractivity contribution >= 4 is 5.78 Å². The molecule has 18 heavy (non-hydrogen) atoms. The molecule has 0 N–H and O–H groups in total. The van der Waals surface area contributed by atoms with Crippen molar-refractivity contribution in [3.05, 3.63) is 0 Å². The molecule has 0 radical (unpaired) electrons. The fourth-order valence-corrected chi connectivity index (χ4v) is 2.25. The molecule has 2 atom stereocenters. The van der Waals surface area contributed by atoms with Gasteiger partial charge in [-0.1, -0.05) is 39.5 Å². The van der Waals surface area contributed by atoms with Crippen LogP contribution in [0.25, 0.3) is 0 Å². The summed E-state index contributed by atoms with van der Waals surface area (Å²) in [5.41, 5.74) is 0. The second kappa shape index (κ2) is 11.7. The number of ketones is 1. The first-order valence-electron chi connectivity index (χ1n) is 7.22. The number of hydrogen-bond donors (Lipinski definition) is 0. The molecular weight excluding hydrogens is 228 g/mol. The van der Waals surface area contributed by atoms with E-state index < -0.39 is 0 Å². The molecule has 0 spiro atoms. The van der Waals surface area contributed by atoms with Gasteiger partial charge in [0.25, 0.3) is 0 Å². The standard InChI is InChI=1S/C15H30O3/c1-5-7-9-13(11-17-3)15(16)14(12-18-4)10-8-6-2/h13-14H,5-12H2,1-4H3. The van der Waals surface area contributed by atoms with Gasteiger partial charge in [0.1, 0.15) is 5.78 Å². The molecule has 0 aliphatic rings. The Labute approximate surface area is 112 Å². The molecule has 0 aromatic rings. The Morgan fingerprint density at radius 3 is 1.56 bits per heavy atom. The fraction of sp³-hybridized carbons (Fsp3) is 0.933. The number of carbonyl (C=O) groups is 1. The number of carbonyl (C=O) groups excluding carboxylic acids is 1. The van der Waals surface area contributed by atoms with Gasteiger partial charge in [-0.3, -0.25) is 4.79 Å². The Kier molecular flexibility index (Phi) is 11.4. The second-order valence-electron chi connectivity index (χ2n) is 4.99. The van der Waals surface area contributed by atoms with Crippen molar-refractivity contribution in [3.63, 3.8) is 0 Å². The molecule has 0 aromatic heterocycles. The van der Waals surface area contributed by atoms with Crippen molar-refractivity contribution in [3.8, 4) is 0 Å². The van der Waals surface area contributed by atoms with Crippen LogP contribution in [0.5, 0.6) is 0 Å². The maximum absolute atomic E-state index is 12.5. The van der Waals surface area contributed by atoms with Crippen LogP contribution in [-0.4, -0.2) is 33.2 Å². The summed E-state index contributed by atoms with van der Waals surface area (Å²) in [4.78, 5) is 12.5. The smallest absolute Gasteiger partial charge is 0.143 e. The molecule has 3 nitrogen and oxygen atoms in total. The van der Waals surface area contributed by atoms with Crippen molar-refractivity contribution in [2.45, 2.75) is 52.4 Å². The largest absolute Gasteiger partial charge is 0.384 e. The van der Waals surface area contributed by atoms with Crippen LogP contribution in [0.1, 0.15) is 52.4 Å². The second-order valence-corrected chi connectivity index (χ2v) is 4.99. The third kappa shape index (κ3) is 7.12. The SMILES string of the molecule is CCCCC(COC)C(=O)C(CCCC)COC. The molecule has 3 heteroatoms. The summed E-state index contributed by atoms with van der Waals surface area (Å²) < 4.78 is 10.4. The summed E-state index contributed by atoms with van der Waals surface area (Å²) in [6, 6.07) is 0. The van der Waals surface area contributed by atoms with Crippen LogP contribution >= 0.6 is 0 Å². The number of hydrogen-bond acceptors (Lipinski definition) is 3. The molecule has 0 amide bonds. The van der Waals surface area contributed by atoms with Gasteiger partial charge in [-0.15, -0.1) is 0 Å². The topological polar surface area (TPSA) is 35.5 Å². The van der Waals surface area contributed by atoms with E-state index in [1.807, 2.05) is 0 Å². The molecule has 0 bridgehead atoms. The van der Waals surface area contributed by atoms with Gasteiger partial charge in [0.05, 0.1) is 13.2 Å². The van der Waals surface area contributed by atoms with E-state index in [0.29, 0.717) is 19.0 Å². The third-order valence-electron chi connectivity index (χ3n) is 3.35. The van der Waals surface area contributed by atoms with Crippen molar-refractivity contribution in [1.29, 1.82) is 0 Å². The number of Topliss-reactive ketones (excluding diaryl/α,β-unsaturated/α-hetero) is 1. The summed E-state index contributed by atoms with van der Waals surface area (Å²) in [6.07, 6.45) is 6.31. The molecule has 0 aromatic carbocycles. The van der Waals surface area contributed by atoms with E-state index in [1.165, 1.54) is 0 Å². The van der Waals surface area contributed by atoms with Gasteiger partial charge in [0.15, 0.2) is 0 Å². The first-order valence-corrected chi connectivity index (χ1v) is 7.22. The summed E-state index contributed by atoms with van der Waals surface area (Å²) in [5.74, 6) is 0.430. The Bertz CT molecular complexity index is 184. The minimum Gasteiger partial charge on any atom is -0.384 e. The molecule has 2 unspecified atom stereocenters. The molecule has 0 saturated carbocycles. The van der Waals surface area contributed by atoms with Gasteiger partial charge < -0.3 is 9.47 Å². The zero-order valence-corrected chi connectivity index (χ0v) is 12.5. The highest BCUT2D eigenvalue weighted by Gasteiger charge is 2.26. The van der Waals surface area contributed by atoms with Crippen LogP contribution in [0, 0.1) is 11.8 Å².